The molecule has 0 unspecified atom stereocenters. The van der Waals surface area contributed by atoms with E-state index in [4.69, 9.17) is 4.74 Å². The lowest BCUT2D eigenvalue weighted by Crippen LogP contribution is -2.06. The molecule has 0 aliphatic rings. The fourth-order valence-electron chi connectivity index (χ4n) is 1.76. The minimum atomic E-state index is -0.751. The first-order valence-electron chi connectivity index (χ1n) is 6.13. The molecule has 0 atom stereocenters. The van der Waals surface area contributed by atoms with Crippen LogP contribution >= 0.6 is 0 Å². The number of benzene rings is 2. The molecule has 0 aliphatic carbocycles. The predicted octanol–water partition coefficient (Wildman–Crippen LogP) is 2.86. The highest BCUT2D eigenvalue weighted by Gasteiger charge is 2.20. The number of ether oxygens (including phenoxy) is 1. The molecule has 8 heteroatoms. The average molecular weight is 302 g/mol. The van der Waals surface area contributed by atoms with Gasteiger partial charge in [-0.05, 0) is 18.2 Å². The summed E-state index contributed by atoms with van der Waals surface area (Å²) in [6.45, 7) is -0.345. The summed E-state index contributed by atoms with van der Waals surface area (Å²) in [4.78, 5) is 31.9. The number of nitrogens with zero attached hydrogens (tertiary/aromatic N) is 2. The summed E-state index contributed by atoms with van der Waals surface area (Å²) in [5.74, 6) is -0.631. The van der Waals surface area contributed by atoms with Crippen LogP contribution in [0.3, 0.4) is 0 Å². The van der Waals surface area contributed by atoms with E-state index in [-0.39, 0.29) is 12.2 Å². The Bertz CT molecular complexity index is 729. The van der Waals surface area contributed by atoms with Gasteiger partial charge in [0.15, 0.2) is 0 Å². The Morgan fingerprint density at radius 2 is 1.68 bits per heavy atom. The molecule has 0 bridgehead atoms. The molecule has 0 fully saturated rings. The number of carbonyl (C=O) groups excluding carboxylic acids is 1. The molecule has 0 aromatic heterocycles. The monoisotopic (exact) mass is 302 g/mol. The number of non-ortho nitro benzene ring substituents is 1. The second-order valence-electron chi connectivity index (χ2n) is 4.27. The first-order valence-corrected chi connectivity index (χ1v) is 6.13. The average Bonchev–Trinajstić information content (AvgIpc) is 2.53. The van der Waals surface area contributed by atoms with Gasteiger partial charge in [-0.15, -0.1) is 0 Å². The standard InChI is InChI=1S/C14H10N2O6/c17-14(10-4-2-1-3-5-10)22-9-11-6-7-12(15(18)19)8-13(11)16(20)21/h1-8H,9H2. The smallest absolute Gasteiger partial charge is 0.338 e. The first kappa shape index (κ1) is 15.1. The van der Waals surface area contributed by atoms with Gasteiger partial charge in [0.1, 0.15) is 6.61 Å². The summed E-state index contributed by atoms with van der Waals surface area (Å²) in [7, 11) is 0. The highest BCUT2D eigenvalue weighted by molar-refractivity contribution is 5.89. The third-order valence-corrected chi connectivity index (χ3v) is 2.84. The molecule has 0 saturated carbocycles. The molecule has 22 heavy (non-hydrogen) atoms. The molecule has 0 N–H and O–H groups in total. The van der Waals surface area contributed by atoms with Crippen LogP contribution in [0.1, 0.15) is 15.9 Å². The lowest BCUT2D eigenvalue weighted by Gasteiger charge is -2.05. The van der Waals surface area contributed by atoms with Gasteiger partial charge in [0.2, 0.25) is 0 Å². The van der Waals surface area contributed by atoms with Crippen molar-refractivity contribution in [3.05, 3.63) is 79.9 Å². The summed E-state index contributed by atoms with van der Waals surface area (Å²) < 4.78 is 4.99. The molecular weight excluding hydrogens is 292 g/mol. The van der Waals surface area contributed by atoms with E-state index in [0.29, 0.717) is 5.56 Å². The van der Waals surface area contributed by atoms with Crippen LogP contribution in [0, 0.1) is 20.2 Å². The van der Waals surface area contributed by atoms with Gasteiger partial charge in [0, 0.05) is 6.07 Å². The van der Waals surface area contributed by atoms with Crippen LogP contribution in [0.15, 0.2) is 48.5 Å². The van der Waals surface area contributed by atoms with Crippen molar-refractivity contribution >= 4 is 17.3 Å². The maximum Gasteiger partial charge on any atom is 0.338 e. The third kappa shape index (κ3) is 3.42. The zero-order valence-corrected chi connectivity index (χ0v) is 11.2. The van der Waals surface area contributed by atoms with Crippen LogP contribution in [0.5, 0.6) is 0 Å². The van der Waals surface area contributed by atoms with E-state index in [1.807, 2.05) is 0 Å². The number of hydrogen-bond donors (Lipinski definition) is 0. The zero-order chi connectivity index (χ0) is 16.1. The largest absolute Gasteiger partial charge is 0.457 e. The minimum absolute atomic E-state index is 0.0832. The molecule has 112 valence electrons. The molecule has 2 aromatic rings. The van der Waals surface area contributed by atoms with E-state index < -0.39 is 27.2 Å². The van der Waals surface area contributed by atoms with Crippen molar-refractivity contribution in [1.82, 2.24) is 0 Å². The first-order chi connectivity index (χ1) is 10.5. The van der Waals surface area contributed by atoms with E-state index in [1.165, 1.54) is 6.07 Å². The Morgan fingerprint density at radius 1 is 1.00 bits per heavy atom. The van der Waals surface area contributed by atoms with E-state index in [9.17, 15) is 25.0 Å². The number of hydrogen-bond acceptors (Lipinski definition) is 6. The lowest BCUT2D eigenvalue weighted by molar-refractivity contribution is -0.394. The topological polar surface area (TPSA) is 113 Å². The second-order valence-corrected chi connectivity index (χ2v) is 4.27. The SMILES string of the molecule is O=C(OCc1ccc([N+](=O)[O-])cc1[N+](=O)[O-])c1ccccc1. The predicted molar refractivity (Wildman–Crippen MR) is 75.3 cm³/mol. The lowest BCUT2D eigenvalue weighted by atomic mass is 10.1. The van der Waals surface area contributed by atoms with Crippen molar-refractivity contribution in [2.75, 3.05) is 0 Å². The Balaban J connectivity index is 2.17. The summed E-state index contributed by atoms with van der Waals surface area (Å²) in [6, 6.07) is 11.3. The maximum atomic E-state index is 11.8. The summed E-state index contributed by atoms with van der Waals surface area (Å²) in [5, 5.41) is 21.6. The van der Waals surface area contributed by atoms with E-state index in [0.717, 1.165) is 12.1 Å². The molecule has 0 amide bonds. The van der Waals surface area contributed by atoms with Crippen LogP contribution in [0.2, 0.25) is 0 Å². The Labute approximate surface area is 124 Å². The van der Waals surface area contributed by atoms with Crippen LogP contribution in [-0.4, -0.2) is 15.8 Å². The van der Waals surface area contributed by atoms with Gasteiger partial charge < -0.3 is 4.74 Å². The Hall–Kier alpha value is -3.29. The van der Waals surface area contributed by atoms with Gasteiger partial charge >= 0.3 is 5.97 Å². The minimum Gasteiger partial charge on any atom is -0.457 e. The molecule has 8 nitrogen and oxygen atoms in total. The number of rotatable bonds is 5. The molecule has 0 heterocycles. The number of carbonyl (C=O) groups is 1. The molecule has 0 saturated heterocycles. The third-order valence-electron chi connectivity index (χ3n) is 2.84. The fraction of sp³-hybridized carbons (Fsp3) is 0.0714. The van der Waals surface area contributed by atoms with Gasteiger partial charge in [-0.25, -0.2) is 4.79 Å². The summed E-state index contributed by atoms with van der Waals surface area (Å²) in [5.41, 5.74) is -0.466. The quantitative estimate of drug-likeness (QED) is 0.476. The number of esters is 1. The zero-order valence-electron chi connectivity index (χ0n) is 11.2. The van der Waals surface area contributed by atoms with Crippen LogP contribution in [0.4, 0.5) is 11.4 Å². The normalized spacial score (nSPS) is 10.0. The van der Waals surface area contributed by atoms with Gasteiger partial charge in [0.05, 0.1) is 27.0 Å². The summed E-state index contributed by atoms with van der Waals surface area (Å²) >= 11 is 0. The van der Waals surface area contributed by atoms with Crippen molar-refractivity contribution in [1.29, 1.82) is 0 Å². The molecule has 2 aromatic carbocycles. The molecule has 0 spiro atoms. The second kappa shape index (κ2) is 6.44. The maximum absolute atomic E-state index is 11.8. The fourth-order valence-corrected chi connectivity index (χ4v) is 1.76. The highest BCUT2D eigenvalue weighted by Crippen LogP contribution is 2.25. The molecule has 0 aliphatic heterocycles. The molecule has 0 radical (unpaired) electrons. The highest BCUT2D eigenvalue weighted by atomic mass is 16.6. The Kier molecular flexibility index (Phi) is 4.42. The van der Waals surface area contributed by atoms with Crippen LogP contribution in [0.25, 0.3) is 0 Å². The van der Waals surface area contributed by atoms with Crippen molar-refractivity contribution in [3.63, 3.8) is 0 Å². The molecular formula is C14H10N2O6. The van der Waals surface area contributed by atoms with Gasteiger partial charge in [-0.3, -0.25) is 20.2 Å². The van der Waals surface area contributed by atoms with Crippen molar-refractivity contribution in [2.24, 2.45) is 0 Å². The Morgan fingerprint density at radius 3 is 2.27 bits per heavy atom. The van der Waals surface area contributed by atoms with Crippen molar-refractivity contribution in [2.45, 2.75) is 6.61 Å². The van der Waals surface area contributed by atoms with E-state index in [1.54, 1.807) is 30.3 Å². The van der Waals surface area contributed by atoms with Crippen LogP contribution < -0.4 is 0 Å². The van der Waals surface area contributed by atoms with E-state index >= 15 is 0 Å². The van der Waals surface area contributed by atoms with E-state index in [2.05, 4.69) is 0 Å². The van der Waals surface area contributed by atoms with Crippen molar-refractivity contribution in [3.8, 4) is 0 Å². The number of nitro groups is 2. The number of nitro benzene ring substituents is 2. The van der Waals surface area contributed by atoms with Crippen LogP contribution in [-0.2, 0) is 11.3 Å². The van der Waals surface area contributed by atoms with Gasteiger partial charge in [0.25, 0.3) is 11.4 Å². The van der Waals surface area contributed by atoms with Gasteiger partial charge in [-0.1, -0.05) is 18.2 Å². The summed E-state index contributed by atoms with van der Waals surface area (Å²) in [6.07, 6.45) is 0. The van der Waals surface area contributed by atoms with Gasteiger partial charge in [-0.2, -0.15) is 0 Å². The van der Waals surface area contributed by atoms with Crippen molar-refractivity contribution < 1.29 is 19.4 Å². The molecule has 2 rings (SSSR count).